The molecule has 0 atom stereocenters. The van der Waals surface area contributed by atoms with Crippen molar-refractivity contribution in [2.45, 2.75) is 33.6 Å². The van der Waals surface area contributed by atoms with Crippen LogP contribution >= 0.6 is 34.3 Å². The Hall–Kier alpha value is -1.76. The summed E-state index contributed by atoms with van der Waals surface area (Å²) in [6.07, 6.45) is 1.54. The van der Waals surface area contributed by atoms with Crippen LogP contribution in [0.5, 0.6) is 0 Å². The normalized spacial score (nSPS) is 10.9. The third-order valence-electron chi connectivity index (χ3n) is 3.77. The number of carbonyl (C=O) groups is 1. The smallest absolute Gasteiger partial charge is 0.269 e. The second kappa shape index (κ2) is 7.64. The number of carbonyl (C=O) groups excluding carboxylic acids is 1. The Morgan fingerprint density at radius 3 is 2.60 bits per heavy atom. The number of hydrogen-bond acceptors (Lipinski definition) is 5. The van der Waals surface area contributed by atoms with E-state index in [1.54, 1.807) is 0 Å². The molecule has 0 radical (unpaired) electrons. The van der Waals surface area contributed by atoms with Gasteiger partial charge in [0.25, 0.3) is 5.91 Å². The van der Waals surface area contributed by atoms with Crippen LogP contribution in [0.15, 0.2) is 24.3 Å². The summed E-state index contributed by atoms with van der Waals surface area (Å²) < 4.78 is 0. The maximum Gasteiger partial charge on any atom is 0.269 e. The van der Waals surface area contributed by atoms with Gasteiger partial charge < -0.3 is 0 Å². The predicted octanol–water partition coefficient (Wildman–Crippen LogP) is 5.28. The second-order valence-electron chi connectivity index (χ2n) is 5.63. The molecule has 0 aliphatic heterocycles. The lowest BCUT2D eigenvalue weighted by molar-refractivity contribution is 0.103. The van der Waals surface area contributed by atoms with Crippen molar-refractivity contribution in [3.63, 3.8) is 0 Å². The topological polar surface area (TPSA) is 54.9 Å². The van der Waals surface area contributed by atoms with Crippen molar-refractivity contribution in [3.05, 3.63) is 61.0 Å². The van der Waals surface area contributed by atoms with Crippen molar-refractivity contribution in [1.29, 1.82) is 0 Å². The first-order valence-corrected chi connectivity index (χ1v) is 9.96. The van der Waals surface area contributed by atoms with Crippen molar-refractivity contribution < 1.29 is 4.79 Å². The molecule has 7 heteroatoms. The molecule has 2 aromatic heterocycles. The van der Waals surface area contributed by atoms with Gasteiger partial charge in [0.05, 0.1) is 16.4 Å². The minimum Gasteiger partial charge on any atom is -0.297 e. The van der Waals surface area contributed by atoms with Crippen molar-refractivity contribution in [2.75, 3.05) is 5.32 Å². The molecule has 0 spiro atoms. The highest BCUT2D eigenvalue weighted by Crippen LogP contribution is 2.28. The number of benzene rings is 1. The number of anilines is 1. The van der Waals surface area contributed by atoms with Crippen LogP contribution in [0, 0.1) is 13.8 Å². The zero-order valence-corrected chi connectivity index (χ0v) is 16.6. The van der Waals surface area contributed by atoms with Gasteiger partial charge in [0.15, 0.2) is 5.13 Å². The molecule has 25 heavy (non-hydrogen) atoms. The van der Waals surface area contributed by atoms with Crippen LogP contribution in [0.4, 0.5) is 5.13 Å². The minimum atomic E-state index is -0.146. The highest BCUT2D eigenvalue weighted by atomic mass is 35.5. The molecule has 1 N–H and O–H groups in total. The maximum atomic E-state index is 12.5. The molecule has 1 amide bonds. The molecule has 0 unspecified atom stereocenters. The second-order valence-corrected chi connectivity index (χ2v) is 8.20. The van der Waals surface area contributed by atoms with Crippen molar-refractivity contribution in [2.24, 2.45) is 0 Å². The van der Waals surface area contributed by atoms with Gasteiger partial charge in [0.1, 0.15) is 4.88 Å². The number of amides is 1. The summed E-state index contributed by atoms with van der Waals surface area (Å²) >= 11 is 9.17. The number of nitrogens with one attached hydrogen (secondary N) is 1. The van der Waals surface area contributed by atoms with Gasteiger partial charge in [-0.05, 0) is 31.9 Å². The van der Waals surface area contributed by atoms with Gasteiger partial charge in [0, 0.05) is 16.3 Å². The van der Waals surface area contributed by atoms with Gasteiger partial charge >= 0.3 is 0 Å². The van der Waals surface area contributed by atoms with Crippen LogP contribution in [0.2, 0.25) is 5.02 Å². The Balaban J connectivity index is 1.77. The largest absolute Gasteiger partial charge is 0.297 e. The molecular weight excluding hydrogens is 374 g/mol. The molecule has 0 aliphatic rings. The summed E-state index contributed by atoms with van der Waals surface area (Å²) in [4.78, 5) is 23.1. The SMILES string of the molecule is CCc1nc(C)c(C(=O)Nc2nc(C)c(Cc3ccccc3Cl)s2)s1. The van der Waals surface area contributed by atoms with Crippen molar-refractivity contribution >= 4 is 45.3 Å². The van der Waals surface area contributed by atoms with E-state index < -0.39 is 0 Å². The zero-order chi connectivity index (χ0) is 18.0. The molecule has 1 aromatic carbocycles. The lowest BCUT2D eigenvalue weighted by Gasteiger charge is -2.02. The fourth-order valence-electron chi connectivity index (χ4n) is 2.43. The van der Waals surface area contributed by atoms with Crippen LogP contribution < -0.4 is 5.32 Å². The fourth-order valence-corrected chi connectivity index (χ4v) is 4.51. The van der Waals surface area contributed by atoms with E-state index >= 15 is 0 Å². The van der Waals surface area contributed by atoms with Crippen molar-refractivity contribution in [1.82, 2.24) is 9.97 Å². The summed E-state index contributed by atoms with van der Waals surface area (Å²) in [5.41, 5.74) is 2.74. The zero-order valence-electron chi connectivity index (χ0n) is 14.2. The van der Waals surface area contributed by atoms with Gasteiger partial charge in [-0.15, -0.1) is 22.7 Å². The average molecular weight is 392 g/mol. The summed E-state index contributed by atoms with van der Waals surface area (Å²) in [5, 5.41) is 5.22. The molecule has 0 saturated carbocycles. The van der Waals surface area contributed by atoms with Crippen LogP contribution in [0.3, 0.4) is 0 Å². The first-order chi connectivity index (χ1) is 12.0. The van der Waals surface area contributed by atoms with Gasteiger partial charge in [-0.2, -0.15) is 0 Å². The Bertz CT molecular complexity index is 917. The quantitative estimate of drug-likeness (QED) is 0.644. The lowest BCUT2D eigenvalue weighted by Crippen LogP contribution is -2.11. The molecule has 0 aliphatic carbocycles. The monoisotopic (exact) mass is 391 g/mol. The number of hydrogen-bond donors (Lipinski definition) is 1. The van der Waals surface area contributed by atoms with Gasteiger partial charge in [-0.25, -0.2) is 9.97 Å². The van der Waals surface area contributed by atoms with Gasteiger partial charge in [-0.1, -0.05) is 36.7 Å². The number of rotatable bonds is 5. The Labute approximate surface area is 159 Å². The number of halogens is 1. The third kappa shape index (κ3) is 4.08. The van der Waals surface area contributed by atoms with Crippen molar-refractivity contribution in [3.8, 4) is 0 Å². The molecule has 0 fully saturated rings. The summed E-state index contributed by atoms with van der Waals surface area (Å²) in [6, 6.07) is 7.78. The molecule has 4 nitrogen and oxygen atoms in total. The Morgan fingerprint density at radius 1 is 1.16 bits per heavy atom. The summed E-state index contributed by atoms with van der Waals surface area (Å²) in [7, 11) is 0. The number of aromatic nitrogens is 2. The van der Waals surface area contributed by atoms with E-state index in [1.165, 1.54) is 22.7 Å². The van der Waals surface area contributed by atoms with E-state index in [0.29, 0.717) is 16.4 Å². The minimum absolute atomic E-state index is 0.146. The van der Waals surface area contributed by atoms with E-state index in [2.05, 4.69) is 15.3 Å². The third-order valence-corrected chi connectivity index (χ3v) is 6.51. The molecule has 0 saturated heterocycles. The van der Waals surface area contributed by atoms with E-state index in [9.17, 15) is 4.79 Å². The van der Waals surface area contributed by atoms with Gasteiger partial charge in [-0.3, -0.25) is 10.1 Å². The standard InChI is InChI=1S/C18H18ClN3OS2/c1-4-15-20-11(3)16(25-15)17(23)22-18-21-10(2)14(24-18)9-12-7-5-6-8-13(12)19/h5-8H,4,9H2,1-3H3,(H,21,22,23). The first-order valence-electron chi connectivity index (χ1n) is 7.95. The number of nitrogens with zero attached hydrogens (tertiary/aromatic N) is 2. The Kier molecular flexibility index (Phi) is 5.51. The van der Waals surface area contributed by atoms with Crippen LogP contribution in [0.25, 0.3) is 0 Å². The van der Waals surface area contributed by atoms with E-state index in [0.717, 1.165) is 38.3 Å². The first kappa shape index (κ1) is 18.0. The van der Waals surface area contributed by atoms with Crippen LogP contribution in [-0.2, 0) is 12.8 Å². The average Bonchev–Trinajstić information content (AvgIpc) is 3.12. The molecule has 0 bridgehead atoms. The van der Waals surface area contributed by atoms with E-state index in [4.69, 9.17) is 11.6 Å². The number of aryl methyl sites for hydroxylation is 3. The fraction of sp³-hybridized carbons (Fsp3) is 0.278. The molecule has 2 heterocycles. The molecule has 130 valence electrons. The van der Waals surface area contributed by atoms with E-state index in [-0.39, 0.29) is 5.91 Å². The maximum absolute atomic E-state index is 12.5. The molecule has 3 rings (SSSR count). The molecular formula is C18H18ClN3OS2. The van der Waals surface area contributed by atoms with E-state index in [1.807, 2.05) is 45.0 Å². The van der Waals surface area contributed by atoms with Gasteiger partial charge in [0.2, 0.25) is 0 Å². The van der Waals surface area contributed by atoms with Crippen LogP contribution in [-0.4, -0.2) is 15.9 Å². The summed E-state index contributed by atoms with van der Waals surface area (Å²) in [6.45, 7) is 5.84. The van der Waals surface area contributed by atoms with Crippen LogP contribution in [0.1, 0.15) is 43.4 Å². The number of thiazole rings is 2. The highest BCUT2D eigenvalue weighted by molar-refractivity contribution is 7.16. The lowest BCUT2D eigenvalue weighted by atomic mass is 10.1. The molecule has 3 aromatic rings. The predicted molar refractivity (Wildman–Crippen MR) is 105 cm³/mol. The highest BCUT2D eigenvalue weighted by Gasteiger charge is 2.17. The Morgan fingerprint density at radius 2 is 1.92 bits per heavy atom. The summed E-state index contributed by atoms with van der Waals surface area (Å²) in [5.74, 6) is -0.146.